The van der Waals surface area contributed by atoms with Crippen molar-refractivity contribution in [2.45, 2.75) is 137 Å². The van der Waals surface area contributed by atoms with Crippen molar-refractivity contribution in [3.8, 4) is 11.3 Å². The van der Waals surface area contributed by atoms with Crippen molar-refractivity contribution in [2.24, 2.45) is 10.9 Å². The average molecular weight is 676 g/mol. The summed E-state index contributed by atoms with van der Waals surface area (Å²) in [6.45, 7) is 32.6. The van der Waals surface area contributed by atoms with E-state index in [-0.39, 0.29) is 17.5 Å². The Morgan fingerprint density at radius 3 is 2.33 bits per heavy atom. The molecule has 0 N–H and O–H groups in total. The highest BCUT2D eigenvalue weighted by molar-refractivity contribution is 6.89. The van der Waals surface area contributed by atoms with Crippen LogP contribution >= 0.6 is 0 Å². The van der Waals surface area contributed by atoms with Gasteiger partial charge in [-0.25, -0.2) is 0 Å². The summed E-state index contributed by atoms with van der Waals surface area (Å²) in [5.74, 6) is 1.41. The van der Waals surface area contributed by atoms with Crippen LogP contribution in [0.3, 0.4) is 0 Å². The lowest BCUT2D eigenvalue weighted by atomic mass is 9.76. The van der Waals surface area contributed by atoms with Gasteiger partial charge in [0.05, 0.1) is 19.5 Å². The highest BCUT2D eigenvalue weighted by Crippen LogP contribution is 2.45. The molecule has 3 heterocycles. The Hall–Kier alpha value is -3.37. The molecule has 0 saturated carbocycles. The van der Waals surface area contributed by atoms with Gasteiger partial charge in [-0.15, -0.1) is 0 Å². The van der Waals surface area contributed by atoms with E-state index in [0.717, 1.165) is 30.7 Å². The Morgan fingerprint density at radius 2 is 1.73 bits per heavy atom. The van der Waals surface area contributed by atoms with E-state index in [9.17, 15) is 0 Å². The first-order chi connectivity index (χ1) is 23.2. The van der Waals surface area contributed by atoms with Crippen molar-refractivity contribution < 1.29 is 9.13 Å². The minimum atomic E-state index is -1.69. The molecule has 3 unspecified atom stereocenters. The zero-order valence-corrected chi connectivity index (χ0v) is 33.9. The molecule has 0 spiro atoms. The fraction of sp³-hybridized carbons (Fsp3) is 0.489. The molecule has 3 nitrogen and oxygen atoms in total. The summed E-state index contributed by atoms with van der Waals surface area (Å²) in [6, 6.07) is 16.5. The normalized spacial score (nSPS) is 18.0. The van der Waals surface area contributed by atoms with Crippen LogP contribution in [0.1, 0.15) is 121 Å². The Morgan fingerprint density at radius 1 is 1.04 bits per heavy atom. The van der Waals surface area contributed by atoms with E-state index in [2.05, 4.69) is 170 Å². The molecule has 0 fully saturated rings. The van der Waals surface area contributed by atoms with Crippen LogP contribution in [0.15, 0.2) is 90.7 Å². The largest absolute Gasteiger partial charge is 0.280 e. The van der Waals surface area contributed by atoms with E-state index in [1.54, 1.807) is 10.8 Å². The third kappa shape index (κ3) is 8.68. The lowest BCUT2D eigenvalue weighted by Gasteiger charge is -2.33. The van der Waals surface area contributed by atoms with Crippen LogP contribution in [0, 0.1) is 12.8 Å². The number of rotatable bonds is 14. The summed E-state index contributed by atoms with van der Waals surface area (Å²) < 4.78 is 5.00. The van der Waals surface area contributed by atoms with Crippen LogP contribution in [-0.2, 0) is 6.42 Å². The lowest BCUT2D eigenvalue weighted by molar-refractivity contribution is -0.729. The molecule has 1 aromatic carbocycles. The van der Waals surface area contributed by atoms with Crippen LogP contribution in [0.2, 0.25) is 19.6 Å². The Balaban J connectivity index is 1.99. The number of aryl methyl sites for hydroxylation is 1. The molecule has 49 heavy (non-hydrogen) atoms. The first kappa shape index (κ1) is 38.4. The summed E-state index contributed by atoms with van der Waals surface area (Å²) in [5.41, 5.74) is 10.2. The topological polar surface area (TPSA) is 20.1 Å². The maximum absolute atomic E-state index is 5.26. The summed E-state index contributed by atoms with van der Waals surface area (Å²) in [5, 5.41) is 1.58. The number of allylic oxidation sites excluding steroid dienone is 4. The number of hydrogen-bond acceptors (Lipinski definition) is 1. The molecular formula is C45H65N3Si+2. The van der Waals surface area contributed by atoms with Crippen LogP contribution in [0.5, 0.6) is 0 Å². The van der Waals surface area contributed by atoms with Gasteiger partial charge < -0.3 is 0 Å². The van der Waals surface area contributed by atoms with E-state index in [1.165, 1.54) is 40.9 Å². The van der Waals surface area contributed by atoms with Gasteiger partial charge in [0, 0.05) is 41.6 Å². The molecule has 3 aromatic rings. The Kier molecular flexibility index (Phi) is 12.6. The Bertz CT molecular complexity index is 1720. The van der Waals surface area contributed by atoms with Crippen LogP contribution < -0.4 is 14.3 Å². The van der Waals surface area contributed by atoms with E-state index < -0.39 is 8.07 Å². The second-order valence-corrected chi connectivity index (χ2v) is 21.1. The first-order valence-electron chi connectivity index (χ1n) is 18.9. The van der Waals surface area contributed by atoms with Gasteiger partial charge in [0.1, 0.15) is 0 Å². The third-order valence-electron chi connectivity index (χ3n) is 10.8. The number of aliphatic imine (C=N–C) groups is 1. The standard InChI is InChI=1S/C45H65N3Si/c1-14-20-33(7)46-45(10,25-15-2)26-23-41-39-21-18-19-22-40(39)42-30-38(29-36(16-3)17-4)43(49(11,12)13)31-48(42)44(41)35(9)47-27-24-37(32(5)6)28-34(47)8/h14-15,18-22,24-25,27-28,30-32,36,41,44H,9,16-17,23,26,29H2,1-8,10-13H3/q+2/b20-14-,25-15-,46-33-. The predicted octanol–water partition coefficient (Wildman–Crippen LogP) is 10.8. The molecule has 0 aliphatic carbocycles. The van der Waals surface area contributed by atoms with E-state index in [4.69, 9.17) is 11.6 Å². The van der Waals surface area contributed by atoms with Crippen LogP contribution in [0.4, 0.5) is 0 Å². The number of hydrogen-bond donors (Lipinski definition) is 0. The summed E-state index contributed by atoms with van der Waals surface area (Å²) in [7, 11) is -1.69. The minimum Gasteiger partial charge on any atom is -0.280 e. The van der Waals surface area contributed by atoms with Gasteiger partial charge in [-0.05, 0) is 94.2 Å². The second kappa shape index (κ2) is 16.1. The fourth-order valence-electron chi connectivity index (χ4n) is 8.04. The molecule has 4 rings (SSSR count). The molecule has 4 heteroatoms. The van der Waals surface area contributed by atoms with Gasteiger partial charge in [0.2, 0.25) is 17.4 Å². The fourth-order valence-corrected chi connectivity index (χ4v) is 9.70. The van der Waals surface area contributed by atoms with Crippen molar-refractivity contribution in [3.05, 3.63) is 108 Å². The molecule has 0 amide bonds. The van der Waals surface area contributed by atoms with Crippen molar-refractivity contribution in [1.29, 1.82) is 0 Å². The Labute approximate surface area is 300 Å². The highest BCUT2D eigenvalue weighted by atomic mass is 28.3. The number of fused-ring (bicyclic) bond motifs is 3. The maximum Gasteiger partial charge on any atom is 0.249 e. The van der Waals surface area contributed by atoms with Crippen molar-refractivity contribution >= 4 is 24.7 Å². The second-order valence-electron chi connectivity index (χ2n) is 16.0. The quantitative estimate of drug-likeness (QED) is 0.0701. The van der Waals surface area contributed by atoms with Gasteiger partial charge in [0.15, 0.2) is 18.1 Å². The zero-order valence-electron chi connectivity index (χ0n) is 32.9. The van der Waals surface area contributed by atoms with Crippen molar-refractivity contribution in [3.63, 3.8) is 0 Å². The SMILES string of the molecule is C=C(C1C(CCC(C)(/C=C\C)/N=C(C)\C=C/C)c2ccccc2-c2cc(CC(CC)CC)c([Si](C)(C)C)c[n+]21)[n+]1ccc(C(C)C)cc1C. The van der Waals surface area contributed by atoms with E-state index in [1.807, 2.05) is 0 Å². The molecule has 0 bridgehead atoms. The molecule has 0 saturated heterocycles. The lowest BCUT2D eigenvalue weighted by Crippen LogP contribution is -2.57. The average Bonchev–Trinajstić information content (AvgIpc) is 3.05. The first-order valence-corrected chi connectivity index (χ1v) is 22.4. The van der Waals surface area contributed by atoms with E-state index >= 15 is 0 Å². The van der Waals surface area contributed by atoms with Gasteiger partial charge in [-0.2, -0.15) is 9.13 Å². The summed E-state index contributed by atoms with van der Waals surface area (Å²) in [6.07, 6.45) is 19.0. The van der Waals surface area contributed by atoms with Gasteiger partial charge in [-0.3, -0.25) is 4.99 Å². The molecule has 3 atom stereocenters. The zero-order chi connectivity index (χ0) is 36.1. The number of benzene rings is 1. The molecule has 0 radical (unpaired) electrons. The third-order valence-corrected chi connectivity index (χ3v) is 12.9. The maximum atomic E-state index is 5.26. The van der Waals surface area contributed by atoms with Gasteiger partial charge in [-0.1, -0.05) is 96.6 Å². The number of nitrogens with zero attached hydrogens (tertiary/aromatic N) is 3. The summed E-state index contributed by atoms with van der Waals surface area (Å²) >= 11 is 0. The molecule has 1 aliphatic heterocycles. The minimum absolute atomic E-state index is 0.0614. The van der Waals surface area contributed by atoms with Crippen LogP contribution in [-0.4, -0.2) is 19.3 Å². The molecule has 1 aliphatic rings. The predicted molar refractivity (Wildman–Crippen MR) is 216 cm³/mol. The van der Waals surface area contributed by atoms with Crippen molar-refractivity contribution in [1.82, 2.24) is 0 Å². The number of aromatic nitrogens is 2. The van der Waals surface area contributed by atoms with Crippen LogP contribution in [0.25, 0.3) is 17.0 Å². The monoisotopic (exact) mass is 675 g/mol. The van der Waals surface area contributed by atoms with Gasteiger partial charge >= 0.3 is 0 Å². The molecular weight excluding hydrogens is 611 g/mol. The van der Waals surface area contributed by atoms with Gasteiger partial charge in [0.25, 0.3) is 0 Å². The summed E-state index contributed by atoms with van der Waals surface area (Å²) in [4.78, 5) is 5.26. The number of pyridine rings is 2. The molecule has 262 valence electrons. The highest BCUT2D eigenvalue weighted by Gasteiger charge is 2.47. The smallest absolute Gasteiger partial charge is 0.249 e. The van der Waals surface area contributed by atoms with E-state index in [0.29, 0.717) is 11.8 Å². The molecule has 2 aromatic heterocycles. The van der Waals surface area contributed by atoms with Crippen molar-refractivity contribution in [2.75, 3.05) is 0 Å².